The second kappa shape index (κ2) is 6.80. The first-order valence-corrected chi connectivity index (χ1v) is 7.13. The van der Waals surface area contributed by atoms with Gasteiger partial charge in [0, 0.05) is 18.1 Å². The zero-order chi connectivity index (χ0) is 15.4. The van der Waals surface area contributed by atoms with Crippen LogP contribution in [0.25, 0.3) is 0 Å². The Morgan fingerprint density at radius 3 is 2.81 bits per heavy atom. The number of benzene rings is 1. The summed E-state index contributed by atoms with van der Waals surface area (Å²) in [6.07, 6.45) is 0. The molecule has 0 radical (unpaired) electrons. The molecule has 2 unspecified atom stereocenters. The van der Waals surface area contributed by atoms with Crippen LogP contribution in [-0.4, -0.2) is 43.6 Å². The molecule has 1 amide bonds. The minimum atomic E-state index is -0.270. The third-order valence-electron chi connectivity index (χ3n) is 3.63. The molecule has 2 rings (SSSR count). The van der Waals surface area contributed by atoms with Gasteiger partial charge in [-0.3, -0.25) is 9.59 Å². The molecule has 0 saturated carbocycles. The summed E-state index contributed by atoms with van der Waals surface area (Å²) in [4.78, 5) is 25.4. The molecule has 0 N–H and O–H groups in total. The predicted molar refractivity (Wildman–Crippen MR) is 78.2 cm³/mol. The van der Waals surface area contributed by atoms with Crippen molar-refractivity contribution in [3.05, 3.63) is 29.3 Å². The van der Waals surface area contributed by atoms with Crippen LogP contribution < -0.4 is 4.74 Å². The highest BCUT2D eigenvalue weighted by Crippen LogP contribution is 2.24. The number of methoxy groups -OCH3 is 1. The van der Waals surface area contributed by atoms with E-state index < -0.39 is 0 Å². The zero-order valence-electron chi connectivity index (χ0n) is 12.0. The van der Waals surface area contributed by atoms with Gasteiger partial charge in [0.25, 0.3) is 5.91 Å². The molecule has 1 heterocycles. The number of rotatable bonds is 4. The molecule has 114 valence electrons. The molecule has 1 aromatic carbocycles. The van der Waals surface area contributed by atoms with Crippen LogP contribution in [-0.2, 0) is 14.3 Å². The first-order valence-electron chi connectivity index (χ1n) is 6.75. The van der Waals surface area contributed by atoms with Crippen molar-refractivity contribution in [3.8, 4) is 5.75 Å². The summed E-state index contributed by atoms with van der Waals surface area (Å²) in [7, 11) is 1.36. The van der Waals surface area contributed by atoms with Crippen molar-refractivity contribution < 1.29 is 19.1 Å². The molecule has 5 nitrogen and oxygen atoms in total. The third kappa shape index (κ3) is 3.88. The Kier molecular flexibility index (Phi) is 5.07. The largest absolute Gasteiger partial charge is 0.484 e. The van der Waals surface area contributed by atoms with E-state index in [-0.39, 0.29) is 30.3 Å². The number of carbonyl (C=O) groups is 2. The maximum absolute atomic E-state index is 12.1. The summed E-state index contributed by atoms with van der Waals surface area (Å²) in [5, 5.41) is 0.556. The normalized spacial score (nSPS) is 21.2. The number of hydrogen-bond donors (Lipinski definition) is 0. The number of hydrogen-bond acceptors (Lipinski definition) is 4. The van der Waals surface area contributed by atoms with Gasteiger partial charge in [-0.25, -0.2) is 0 Å². The van der Waals surface area contributed by atoms with E-state index in [0.29, 0.717) is 23.9 Å². The van der Waals surface area contributed by atoms with Gasteiger partial charge in [0.05, 0.1) is 13.0 Å². The third-order valence-corrected chi connectivity index (χ3v) is 3.86. The lowest BCUT2D eigenvalue weighted by Gasteiger charge is -2.16. The molecule has 1 aliphatic heterocycles. The van der Waals surface area contributed by atoms with Gasteiger partial charge in [-0.2, -0.15) is 0 Å². The number of amides is 1. The van der Waals surface area contributed by atoms with Crippen molar-refractivity contribution in [3.63, 3.8) is 0 Å². The Morgan fingerprint density at radius 1 is 1.38 bits per heavy atom. The Morgan fingerprint density at radius 2 is 2.14 bits per heavy atom. The van der Waals surface area contributed by atoms with Crippen LogP contribution in [0.1, 0.15) is 6.92 Å². The molecule has 21 heavy (non-hydrogen) atoms. The van der Waals surface area contributed by atoms with Gasteiger partial charge in [-0.15, -0.1) is 0 Å². The SMILES string of the molecule is COC(=O)C1CN(C(=O)COc2cccc(Cl)c2)CC1C. The van der Waals surface area contributed by atoms with Gasteiger partial charge in [0.1, 0.15) is 5.75 Å². The molecule has 1 fully saturated rings. The van der Waals surface area contributed by atoms with Crippen molar-refractivity contribution in [1.82, 2.24) is 4.90 Å². The van der Waals surface area contributed by atoms with E-state index in [1.165, 1.54) is 7.11 Å². The second-order valence-corrected chi connectivity index (χ2v) is 5.59. The van der Waals surface area contributed by atoms with Gasteiger partial charge in [-0.05, 0) is 24.1 Å². The monoisotopic (exact) mass is 311 g/mol. The first-order chi connectivity index (χ1) is 10.0. The van der Waals surface area contributed by atoms with E-state index in [4.69, 9.17) is 21.1 Å². The van der Waals surface area contributed by atoms with E-state index in [1.54, 1.807) is 29.2 Å². The minimum absolute atomic E-state index is 0.0685. The number of esters is 1. The van der Waals surface area contributed by atoms with Crippen LogP contribution in [0.3, 0.4) is 0 Å². The van der Waals surface area contributed by atoms with Gasteiger partial charge >= 0.3 is 5.97 Å². The van der Waals surface area contributed by atoms with Crippen molar-refractivity contribution >= 4 is 23.5 Å². The molecule has 2 atom stereocenters. The van der Waals surface area contributed by atoms with E-state index >= 15 is 0 Å². The molecule has 1 aliphatic rings. The van der Waals surface area contributed by atoms with E-state index in [9.17, 15) is 9.59 Å². The molecule has 0 spiro atoms. The molecular formula is C15H18ClNO4. The number of likely N-dealkylation sites (tertiary alicyclic amines) is 1. The molecule has 1 saturated heterocycles. The molecular weight excluding hydrogens is 294 g/mol. The highest BCUT2D eigenvalue weighted by atomic mass is 35.5. The van der Waals surface area contributed by atoms with Crippen molar-refractivity contribution in [1.29, 1.82) is 0 Å². The van der Waals surface area contributed by atoms with Crippen LogP contribution >= 0.6 is 11.6 Å². The fraction of sp³-hybridized carbons (Fsp3) is 0.467. The lowest BCUT2D eigenvalue weighted by molar-refractivity contribution is -0.146. The standard InChI is InChI=1S/C15H18ClNO4/c1-10-7-17(8-13(10)15(19)20-2)14(18)9-21-12-5-3-4-11(16)6-12/h3-6,10,13H,7-9H2,1-2H3. The molecule has 1 aromatic rings. The number of ether oxygens (including phenoxy) is 2. The maximum atomic E-state index is 12.1. The van der Waals surface area contributed by atoms with Crippen LogP contribution in [0, 0.1) is 11.8 Å². The number of halogens is 1. The van der Waals surface area contributed by atoms with E-state index in [0.717, 1.165) is 0 Å². The summed E-state index contributed by atoms with van der Waals surface area (Å²) >= 11 is 5.85. The van der Waals surface area contributed by atoms with Crippen molar-refractivity contribution in [2.75, 3.05) is 26.8 Å². The molecule has 0 bridgehead atoms. The Bertz CT molecular complexity index is 534. The topological polar surface area (TPSA) is 55.8 Å². The average molecular weight is 312 g/mol. The molecule has 0 aliphatic carbocycles. The average Bonchev–Trinajstić information content (AvgIpc) is 2.86. The molecule has 0 aromatic heterocycles. The molecule has 6 heteroatoms. The quantitative estimate of drug-likeness (QED) is 0.798. The summed E-state index contributed by atoms with van der Waals surface area (Å²) in [6, 6.07) is 6.88. The Balaban J connectivity index is 1.88. The summed E-state index contributed by atoms with van der Waals surface area (Å²) in [6.45, 7) is 2.79. The van der Waals surface area contributed by atoms with Gasteiger partial charge in [0.2, 0.25) is 0 Å². The highest BCUT2D eigenvalue weighted by molar-refractivity contribution is 6.30. The summed E-state index contributed by atoms with van der Waals surface area (Å²) < 4.78 is 10.2. The van der Waals surface area contributed by atoms with Crippen LogP contribution in [0.5, 0.6) is 5.75 Å². The Hall–Kier alpha value is -1.75. The van der Waals surface area contributed by atoms with E-state index in [1.807, 2.05) is 6.92 Å². The van der Waals surface area contributed by atoms with Gasteiger partial charge < -0.3 is 14.4 Å². The minimum Gasteiger partial charge on any atom is -0.484 e. The zero-order valence-corrected chi connectivity index (χ0v) is 12.8. The van der Waals surface area contributed by atoms with Crippen LogP contribution in [0.4, 0.5) is 0 Å². The highest BCUT2D eigenvalue weighted by Gasteiger charge is 2.37. The number of nitrogens with zero attached hydrogens (tertiary/aromatic N) is 1. The van der Waals surface area contributed by atoms with E-state index in [2.05, 4.69) is 0 Å². The summed E-state index contributed by atoms with van der Waals surface area (Å²) in [5.74, 6) is -0.0351. The summed E-state index contributed by atoms with van der Waals surface area (Å²) in [5.41, 5.74) is 0. The second-order valence-electron chi connectivity index (χ2n) is 5.15. The van der Waals surface area contributed by atoms with Crippen molar-refractivity contribution in [2.45, 2.75) is 6.92 Å². The first kappa shape index (κ1) is 15.6. The van der Waals surface area contributed by atoms with Gasteiger partial charge in [0.15, 0.2) is 6.61 Å². The van der Waals surface area contributed by atoms with Crippen LogP contribution in [0.15, 0.2) is 24.3 Å². The lowest BCUT2D eigenvalue weighted by Crippen LogP contribution is -2.34. The van der Waals surface area contributed by atoms with Gasteiger partial charge in [-0.1, -0.05) is 24.6 Å². The van der Waals surface area contributed by atoms with Crippen LogP contribution in [0.2, 0.25) is 5.02 Å². The predicted octanol–water partition coefficient (Wildman–Crippen LogP) is 1.99. The Labute approximate surface area is 128 Å². The smallest absolute Gasteiger partial charge is 0.310 e. The maximum Gasteiger partial charge on any atom is 0.310 e. The fourth-order valence-corrected chi connectivity index (χ4v) is 2.60. The number of carbonyl (C=O) groups excluding carboxylic acids is 2. The fourth-order valence-electron chi connectivity index (χ4n) is 2.42. The lowest BCUT2D eigenvalue weighted by atomic mass is 9.99. The van der Waals surface area contributed by atoms with Crippen molar-refractivity contribution in [2.24, 2.45) is 11.8 Å².